The molecule has 31 heavy (non-hydrogen) atoms. The van der Waals surface area contributed by atoms with Gasteiger partial charge in [-0.2, -0.15) is 0 Å². The molecule has 0 aromatic carbocycles. The molecule has 3 rings (SSSR count). The minimum Gasteiger partial charge on any atom is -0.377 e. The largest absolute Gasteiger partial charge is 0.377 e. The quantitative estimate of drug-likeness (QED) is 0.546. The van der Waals surface area contributed by atoms with E-state index in [-0.39, 0.29) is 16.6 Å². The molecule has 3 aliphatic rings. The molecule has 0 N–H and O–H groups in total. The van der Waals surface area contributed by atoms with Gasteiger partial charge in [0.15, 0.2) is 0 Å². The highest BCUT2D eigenvalue weighted by Gasteiger charge is 2.39. The summed E-state index contributed by atoms with van der Waals surface area (Å²) in [6.45, 7) is 22.7. The summed E-state index contributed by atoms with van der Waals surface area (Å²) in [5.74, 6) is 0. The van der Waals surface area contributed by atoms with Gasteiger partial charge in [0.25, 0.3) is 0 Å². The molecule has 1 spiro atoms. The van der Waals surface area contributed by atoms with Crippen LogP contribution < -0.4 is 0 Å². The van der Waals surface area contributed by atoms with Crippen molar-refractivity contribution in [2.45, 2.75) is 90.6 Å². The summed E-state index contributed by atoms with van der Waals surface area (Å²) in [5.41, 5.74) is 0.233. The molecule has 1 aliphatic carbocycles. The van der Waals surface area contributed by atoms with Gasteiger partial charge in [0, 0.05) is 39.3 Å². The van der Waals surface area contributed by atoms with Crippen molar-refractivity contribution in [2.24, 2.45) is 5.41 Å². The molecule has 0 radical (unpaired) electrons. The molecule has 0 aromatic heterocycles. The Labute approximate surface area is 190 Å². The molecular formula is C25H48N2O4. The zero-order chi connectivity index (χ0) is 22.5. The van der Waals surface area contributed by atoms with Gasteiger partial charge in [-0.1, -0.05) is 20.8 Å². The van der Waals surface area contributed by atoms with Gasteiger partial charge in [-0.05, 0) is 51.9 Å². The van der Waals surface area contributed by atoms with Crippen molar-refractivity contribution >= 4 is 0 Å². The second-order valence-electron chi connectivity index (χ2n) is 12.1. The Kier molecular flexibility index (Phi) is 8.84. The fourth-order valence-electron chi connectivity index (χ4n) is 4.59. The first kappa shape index (κ1) is 25.4. The molecule has 0 amide bonds. The molecule has 0 atom stereocenters. The van der Waals surface area contributed by atoms with Gasteiger partial charge in [-0.3, -0.25) is 4.90 Å². The second kappa shape index (κ2) is 10.8. The van der Waals surface area contributed by atoms with E-state index < -0.39 is 0 Å². The predicted molar refractivity (Wildman–Crippen MR) is 125 cm³/mol. The highest BCUT2D eigenvalue weighted by Crippen LogP contribution is 2.31. The number of nitrogens with zero attached hydrogens (tertiary/aromatic N) is 2. The highest BCUT2D eigenvalue weighted by atomic mass is 16.5. The van der Waals surface area contributed by atoms with E-state index in [1.165, 1.54) is 0 Å². The van der Waals surface area contributed by atoms with Crippen LogP contribution in [0.5, 0.6) is 0 Å². The van der Waals surface area contributed by atoms with Crippen molar-refractivity contribution in [1.29, 1.82) is 0 Å². The van der Waals surface area contributed by atoms with Crippen LogP contribution in [0.2, 0.25) is 0 Å². The molecule has 0 aromatic rings. The van der Waals surface area contributed by atoms with Gasteiger partial charge in [0.2, 0.25) is 0 Å². The lowest BCUT2D eigenvalue weighted by Crippen LogP contribution is -2.57. The third-order valence-corrected chi connectivity index (χ3v) is 6.60. The SMILES string of the molecule is CC(C)(C)COC1CC(OCCN2CCC3(CC2)CN(CCOC(C)(C)C)CCO3)C1. The standard InChI is InChI=1S/C25H48N2O4/c1-23(2,3)20-29-22-17-21(18-22)28-14-11-26-9-7-25(8-10-26)19-27(13-16-31-25)12-15-30-24(4,5)6/h21-22H,7-20H2,1-6H3. The average molecular weight is 441 g/mol. The van der Waals surface area contributed by atoms with Crippen LogP contribution in [0, 0.1) is 5.41 Å². The van der Waals surface area contributed by atoms with Crippen LogP contribution in [0.3, 0.4) is 0 Å². The molecule has 2 heterocycles. The van der Waals surface area contributed by atoms with Gasteiger partial charge in [-0.15, -0.1) is 0 Å². The topological polar surface area (TPSA) is 43.4 Å². The van der Waals surface area contributed by atoms with E-state index in [2.05, 4.69) is 51.3 Å². The minimum atomic E-state index is -0.0583. The molecular weight excluding hydrogens is 392 g/mol. The smallest absolute Gasteiger partial charge is 0.0833 e. The second-order valence-corrected chi connectivity index (χ2v) is 12.1. The summed E-state index contributed by atoms with van der Waals surface area (Å²) in [6.07, 6.45) is 5.15. The maximum Gasteiger partial charge on any atom is 0.0833 e. The van der Waals surface area contributed by atoms with Gasteiger partial charge >= 0.3 is 0 Å². The number of likely N-dealkylation sites (tertiary alicyclic amines) is 1. The van der Waals surface area contributed by atoms with Crippen LogP contribution in [-0.4, -0.2) is 98.9 Å². The Morgan fingerprint density at radius 3 is 2.13 bits per heavy atom. The summed E-state index contributed by atoms with van der Waals surface area (Å²) in [4.78, 5) is 5.07. The van der Waals surface area contributed by atoms with Crippen LogP contribution >= 0.6 is 0 Å². The number of ether oxygens (including phenoxy) is 4. The Balaban J connectivity index is 1.26. The number of piperidine rings is 1. The van der Waals surface area contributed by atoms with Crippen LogP contribution in [0.15, 0.2) is 0 Å². The Bertz CT molecular complexity index is 529. The lowest BCUT2D eigenvalue weighted by molar-refractivity contribution is -0.144. The maximum atomic E-state index is 6.31. The van der Waals surface area contributed by atoms with Crippen molar-refractivity contribution in [1.82, 2.24) is 9.80 Å². The molecule has 0 unspecified atom stereocenters. The van der Waals surface area contributed by atoms with Gasteiger partial charge in [-0.25, -0.2) is 0 Å². The number of hydrogen-bond acceptors (Lipinski definition) is 6. The van der Waals surface area contributed by atoms with Crippen molar-refractivity contribution in [3.63, 3.8) is 0 Å². The van der Waals surface area contributed by atoms with Crippen molar-refractivity contribution < 1.29 is 18.9 Å². The fourth-order valence-corrected chi connectivity index (χ4v) is 4.59. The summed E-state index contributed by atoms with van der Waals surface area (Å²) in [7, 11) is 0. The van der Waals surface area contributed by atoms with E-state index >= 15 is 0 Å². The molecule has 182 valence electrons. The first-order valence-electron chi connectivity index (χ1n) is 12.5. The van der Waals surface area contributed by atoms with Crippen molar-refractivity contribution in [3.8, 4) is 0 Å². The fraction of sp³-hybridized carbons (Fsp3) is 1.00. The molecule has 1 saturated carbocycles. The Morgan fingerprint density at radius 1 is 0.839 bits per heavy atom. The number of rotatable bonds is 9. The Hall–Kier alpha value is -0.240. The molecule has 2 saturated heterocycles. The lowest BCUT2D eigenvalue weighted by Gasteiger charge is -2.47. The van der Waals surface area contributed by atoms with Gasteiger partial charge < -0.3 is 23.8 Å². The lowest BCUT2D eigenvalue weighted by atomic mass is 9.89. The maximum absolute atomic E-state index is 6.31. The van der Waals surface area contributed by atoms with E-state index in [0.717, 1.165) is 91.4 Å². The van der Waals surface area contributed by atoms with Crippen LogP contribution in [0.1, 0.15) is 67.2 Å². The van der Waals surface area contributed by atoms with Crippen LogP contribution in [0.4, 0.5) is 0 Å². The molecule has 6 heteroatoms. The van der Waals surface area contributed by atoms with Crippen molar-refractivity contribution in [3.05, 3.63) is 0 Å². The van der Waals surface area contributed by atoms with E-state index in [9.17, 15) is 0 Å². The van der Waals surface area contributed by atoms with E-state index in [0.29, 0.717) is 12.2 Å². The Morgan fingerprint density at radius 2 is 1.48 bits per heavy atom. The third-order valence-electron chi connectivity index (χ3n) is 6.60. The normalized spacial score (nSPS) is 28.1. The number of morpholine rings is 1. The summed E-state index contributed by atoms with van der Waals surface area (Å²) < 4.78 is 24.3. The zero-order valence-corrected chi connectivity index (χ0v) is 21.1. The van der Waals surface area contributed by atoms with Crippen LogP contribution in [0.25, 0.3) is 0 Å². The van der Waals surface area contributed by atoms with Crippen LogP contribution in [-0.2, 0) is 18.9 Å². The first-order chi connectivity index (χ1) is 14.5. The minimum absolute atomic E-state index is 0.0446. The average Bonchev–Trinajstić information content (AvgIpc) is 2.63. The molecule has 2 aliphatic heterocycles. The molecule has 6 nitrogen and oxygen atoms in total. The number of hydrogen-bond donors (Lipinski definition) is 0. The summed E-state index contributed by atoms with van der Waals surface area (Å²) in [5, 5.41) is 0. The predicted octanol–water partition coefficient (Wildman–Crippen LogP) is 3.58. The first-order valence-corrected chi connectivity index (χ1v) is 12.5. The molecule has 0 bridgehead atoms. The highest BCUT2D eigenvalue weighted by molar-refractivity contribution is 4.93. The van der Waals surface area contributed by atoms with Gasteiger partial charge in [0.05, 0.1) is 49.8 Å². The summed E-state index contributed by atoms with van der Waals surface area (Å²) in [6, 6.07) is 0. The summed E-state index contributed by atoms with van der Waals surface area (Å²) >= 11 is 0. The van der Waals surface area contributed by atoms with Crippen molar-refractivity contribution in [2.75, 3.05) is 65.7 Å². The van der Waals surface area contributed by atoms with E-state index in [4.69, 9.17) is 18.9 Å². The van der Waals surface area contributed by atoms with E-state index in [1.807, 2.05) is 0 Å². The van der Waals surface area contributed by atoms with Gasteiger partial charge in [0.1, 0.15) is 0 Å². The van der Waals surface area contributed by atoms with E-state index in [1.54, 1.807) is 0 Å². The zero-order valence-electron chi connectivity index (χ0n) is 21.1. The molecule has 3 fully saturated rings. The third kappa shape index (κ3) is 8.90. The monoisotopic (exact) mass is 440 g/mol.